The van der Waals surface area contributed by atoms with Crippen molar-refractivity contribution >= 4 is 6.03 Å². The highest BCUT2D eigenvalue weighted by atomic mass is 16.5. The second kappa shape index (κ2) is 8.56. The van der Waals surface area contributed by atoms with Gasteiger partial charge in [0.25, 0.3) is 0 Å². The van der Waals surface area contributed by atoms with Crippen LogP contribution >= 0.6 is 0 Å². The van der Waals surface area contributed by atoms with Gasteiger partial charge in [0.05, 0.1) is 6.54 Å². The quantitative estimate of drug-likeness (QED) is 0.776. The Balaban J connectivity index is 1.69. The number of ether oxygens (including phenoxy) is 1. The van der Waals surface area contributed by atoms with Crippen LogP contribution in [-0.4, -0.2) is 19.2 Å². The molecule has 0 spiro atoms. The Morgan fingerprint density at radius 2 is 1.80 bits per heavy atom. The summed E-state index contributed by atoms with van der Waals surface area (Å²) in [5.41, 5.74) is 3.60. The van der Waals surface area contributed by atoms with Crippen LogP contribution in [0.15, 0.2) is 48.5 Å². The number of carbonyl (C=O) groups excluding carboxylic acids is 1. The van der Waals surface area contributed by atoms with Gasteiger partial charge >= 0.3 is 6.03 Å². The van der Waals surface area contributed by atoms with E-state index in [0.717, 1.165) is 11.3 Å². The molecule has 2 aromatic rings. The molecule has 2 aromatic carbocycles. The van der Waals surface area contributed by atoms with Crippen LogP contribution in [0.2, 0.25) is 0 Å². The highest BCUT2D eigenvalue weighted by Gasteiger charge is 2.13. The lowest BCUT2D eigenvalue weighted by Crippen LogP contribution is -2.37. The van der Waals surface area contributed by atoms with Gasteiger partial charge in [0.1, 0.15) is 12.4 Å². The lowest BCUT2D eigenvalue weighted by molar-refractivity contribution is 0.236. The maximum Gasteiger partial charge on any atom is 0.315 e. The first kappa shape index (κ1) is 18.8. The molecule has 4 heteroatoms. The molecule has 0 heterocycles. The summed E-state index contributed by atoms with van der Waals surface area (Å²) in [4.78, 5) is 11.8. The molecule has 134 valence electrons. The van der Waals surface area contributed by atoms with Crippen LogP contribution in [0.25, 0.3) is 0 Å². The van der Waals surface area contributed by atoms with Crippen molar-refractivity contribution in [1.82, 2.24) is 10.6 Å². The van der Waals surface area contributed by atoms with Crippen molar-refractivity contribution in [3.63, 3.8) is 0 Å². The Hall–Kier alpha value is -2.49. The Labute approximate surface area is 150 Å². The maximum absolute atomic E-state index is 11.8. The summed E-state index contributed by atoms with van der Waals surface area (Å²) in [6.07, 6.45) is 0. The molecule has 0 radical (unpaired) electrons. The number of aryl methyl sites for hydroxylation is 1. The van der Waals surface area contributed by atoms with Crippen LogP contribution in [-0.2, 0) is 12.0 Å². The molecule has 25 heavy (non-hydrogen) atoms. The smallest absolute Gasteiger partial charge is 0.315 e. The monoisotopic (exact) mass is 340 g/mol. The number of rotatable bonds is 6. The normalized spacial score (nSPS) is 11.0. The number of benzene rings is 2. The molecule has 2 rings (SSSR count). The van der Waals surface area contributed by atoms with Crippen LogP contribution in [0, 0.1) is 6.92 Å². The summed E-state index contributed by atoms with van der Waals surface area (Å²) in [5.74, 6) is 0.828. The van der Waals surface area contributed by atoms with E-state index in [0.29, 0.717) is 19.7 Å². The zero-order valence-corrected chi connectivity index (χ0v) is 15.6. The fourth-order valence-electron chi connectivity index (χ4n) is 2.45. The first-order valence-corrected chi connectivity index (χ1v) is 8.65. The van der Waals surface area contributed by atoms with Crippen LogP contribution in [0.4, 0.5) is 4.79 Å². The molecule has 0 fully saturated rings. The van der Waals surface area contributed by atoms with Gasteiger partial charge < -0.3 is 15.4 Å². The van der Waals surface area contributed by atoms with Crippen molar-refractivity contribution < 1.29 is 9.53 Å². The highest BCUT2D eigenvalue weighted by Crippen LogP contribution is 2.25. The zero-order valence-electron chi connectivity index (χ0n) is 15.6. The number of carbonyl (C=O) groups is 1. The first-order valence-electron chi connectivity index (χ1n) is 8.65. The molecular weight excluding hydrogens is 312 g/mol. The van der Waals surface area contributed by atoms with Crippen LogP contribution < -0.4 is 15.4 Å². The second-order valence-electron chi connectivity index (χ2n) is 7.22. The average Bonchev–Trinajstić information content (AvgIpc) is 2.56. The molecule has 0 aliphatic rings. The second-order valence-corrected chi connectivity index (χ2v) is 7.22. The lowest BCUT2D eigenvalue weighted by Gasteiger charge is -2.19. The van der Waals surface area contributed by atoms with Crippen molar-refractivity contribution in [2.45, 2.75) is 39.7 Å². The van der Waals surface area contributed by atoms with Gasteiger partial charge in [0.2, 0.25) is 0 Å². The molecule has 0 saturated carbocycles. The van der Waals surface area contributed by atoms with E-state index < -0.39 is 0 Å². The molecule has 4 nitrogen and oxygen atoms in total. The first-order chi connectivity index (χ1) is 11.8. The molecule has 2 N–H and O–H groups in total. The van der Waals surface area contributed by atoms with Gasteiger partial charge in [-0.2, -0.15) is 0 Å². The van der Waals surface area contributed by atoms with E-state index in [4.69, 9.17) is 4.74 Å². The van der Waals surface area contributed by atoms with Crippen molar-refractivity contribution in [2.24, 2.45) is 0 Å². The molecule has 0 bridgehead atoms. The van der Waals surface area contributed by atoms with Gasteiger partial charge in [-0.15, -0.1) is 0 Å². The van der Waals surface area contributed by atoms with E-state index in [-0.39, 0.29) is 11.4 Å². The van der Waals surface area contributed by atoms with E-state index in [1.807, 2.05) is 37.3 Å². The minimum absolute atomic E-state index is 0.0906. The standard InChI is InChI=1S/C21H28N2O2/c1-16-7-5-8-17(13-16)15-23-20(24)22-11-12-25-19-10-6-9-18(14-19)21(2,3)4/h5-10,13-14H,11-12,15H2,1-4H3,(H2,22,23,24). The molecule has 0 atom stereocenters. The van der Waals surface area contributed by atoms with Gasteiger partial charge in [-0.25, -0.2) is 4.79 Å². The van der Waals surface area contributed by atoms with Crippen molar-refractivity contribution in [1.29, 1.82) is 0 Å². The average molecular weight is 340 g/mol. The van der Waals surface area contributed by atoms with E-state index in [9.17, 15) is 4.79 Å². The molecule has 0 aliphatic carbocycles. The highest BCUT2D eigenvalue weighted by molar-refractivity contribution is 5.73. The number of hydrogen-bond donors (Lipinski definition) is 2. The Bertz CT molecular complexity index is 705. The maximum atomic E-state index is 11.8. The number of amides is 2. The minimum Gasteiger partial charge on any atom is -0.492 e. The number of urea groups is 1. The fourth-order valence-corrected chi connectivity index (χ4v) is 2.45. The Morgan fingerprint density at radius 3 is 2.52 bits per heavy atom. The number of hydrogen-bond acceptors (Lipinski definition) is 2. The third kappa shape index (κ3) is 6.49. The van der Waals surface area contributed by atoms with Gasteiger partial charge in [-0.05, 0) is 35.6 Å². The summed E-state index contributed by atoms with van der Waals surface area (Å²) in [7, 11) is 0. The third-order valence-corrected chi connectivity index (χ3v) is 3.89. The SMILES string of the molecule is Cc1cccc(CNC(=O)NCCOc2cccc(C(C)(C)C)c2)c1. The Morgan fingerprint density at radius 1 is 1.04 bits per heavy atom. The van der Waals surface area contributed by atoms with Gasteiger partial charge in [0, 0.05) is 6.54 Å². The summed E-state index contributed by atoms with van der Waals surface area (Å²) in [6, 6.07) is 16.0. The largest absolute Gasteiger partial charge is 0.492 e. The van der Waals surface area contributed by atoms with Crippen molar-refractivity contribution in [3.05, 3.63) is 65.2 Å². The third-order valence-electron chi connectivity index (χ3n) is 3.89. The molecule has 0 unspecified atom stereocenters. The fraction of sp³-hybridized carbons (Fsp3) is 0.381. The molecule has 0 aromatic heterocycles. The van der Waals surface area contributed by atoms with E-state index in [1.54, 1.807) is 0 Å². The summed E-state index contributed by atoms with van der Waals surface area (Å²) in [5, 5.41) is 5.66. The summed E-state index contributed by atoms with van der Waals surface area (Å²) < 4.78 is 5.73. The number of nitrogens with one attached hydrogen (secondary N) is 2. The van der Waals surface area contributed by atoms with E-state index in [1.165, 1.54) is 11.1 Å². The predicted octanol–water partition coefficient (Wildman–Crippen LogP) is 4.17. The molecule has 0 saturated heterocycles. The lowest BCUT2D eigenvalue weighted by atomic mass is 9.87. The zero-order chi connectivity index (χ0) is 18.3. The molecule has 2 amide bonds. The summed E-state index contributed by atoms with van der Waals surface area (Å²) in [6.45, 7) is 9.97. The van der Waals surface area contributed by atoms with E-state index >= 15 is 0 Å². The topological polar surface area (TPSA) is 50.4 Å². The van der Waals surface area contributed by atoms with Crippen LogP contribution in [0.3, 0.4) is 0 Å². The van der Waals surface area contributed by atoms with Crippen LogP contribution in [0.1, 0.15) is 37.5 Å². The molecule has 0 aliphatic heterocycles. The van der Waals surface area contributed by atoms with Crippen molar-refractivity contribution in [2.75, 3.05) is 13.2 Å². The summed E-state index contributed by atoms with van der Waals surface area (Å²) >= 11 is 0. The molecular formula is C21H28N2O2. The Kier molecular flexibility index (Phi) is 6.45. The van der Waals surface area contributed by atoms with Gasteiger partial charge in [0.15, 0.2) is 0 Å². The van der Waals surface area contributed by atoms with Crippen LogP contribution in [0.5, 0.6) is 5.75 Å². The van der Waals surface area contributed by atoms with E-state index in [2.05, 4.69) is 49.6 Å². The van der Waals surface area contributed by atoms with Gasteiger partial charge in [-0.3, -0.25) is 0 Å². The predicted molar refractivity (Wildman–Crippen MR) is 102 cm³/mol. The van der Waals surface area contributed by atoms with Gasteiger partial charge in [-0.1, -0.05) is 62.7 Å². The minimum atomic E-state index is -0.187. The van der Waals surface area contributed by atoms with Crippen molar-refractivity contribution in [3.8, 4) is 5.75 Å².